The molecule has 102 valence electrons. The molecule has 0 radical (unpaired) electrons. The lowest BCUT2D eigenvalue weighted by Gasteiger charge is -2.29. The normalized spacial score (nSPS) is 29.2. The molecule has 3 rings (SSSR count). The van der Waals surface area contributed by atoms with Gasteiger partial charge in [-0.3, -0.25) is 4.79 Å². The highest BCUT2D eigenvalue weighted by Gasteiger charge is 2.34. The predicted molar refractivity (Wildman–Crippen MR) is 70.2 cm³/mol. The average molecular weight is 262 g/mol. The zero-order chi connectivity index (χ0) is 13.4. The van der Waals surface area contributed by atoms with Crippen LogP contribution in [0.5, 0.6) is 11.5 Å². The Morgan fingerprint density at radius 2 is 1.68 bits per heavy atom. The van der Waals surface area contributed by atoms with Crippen molar-refractivity contribution < 1.29 is 15.0 Å². The van der Waals surface area contributed by atoms with E-state index in [1.165, 1.54) is 31.0 Å². The maximum Gasteiger partial charge on any atom is 0.251 e. The molecule has 0 aromatic heterocycles. The fourth-order valence-electron chi connectivity index (χ4n) is 3.17. The summed E-state index contributed by atoms with van der Waals surface area (Å²) in [5, 5.41) is 25.3. The van der Waals surface area contributed by atoms with Crippen molar-refractivity contribution in [1.29, 1.82) is 0 Å². The Labute approximate surface area is 111 Å². The minimum absolute atomic E-state index is 0.101. The molecule has 5 heteroatoms. The SMILES string of the molecule is O=C(NC1CC2CCC(C1)N2)c1cc(O)cc(O)c1. The van der Waals surface area contributed by atoms with Crippen LogP contribution < -0.4 is 10.6 Å². The van der Waals surface area contributed by atoms with E-state index < -0.39 is 0 Å². The van der Waals surface area contributed by atoms with E-state index in [0.29, 0.717) is 17.6 Å². The number of nitrogens with one attached hydrogen (secondary N) is 2. The van der Waals surface area contributed by atoms with E-state index in [1.54, 1.807) is 0 Å². The summed E-state index contributed by atoms with van der Waals surface area (Å²) in [7, 11) is 0. The average Bonchev–Trinajstić information content (AvgIpc) is 2.67. The first-order valence-corrected chi connectivity index (χ1v) is 6.70. The van der Waals surface area contributed by atoms with Crippen molar-refractivity contribution >= 4 is 5.91 Å². The number of benzene rings is 1. The number of piperidine rings is 1. The number of hydrogen-bond donors (Lipinski definition) is 4. The van der Waals surface area contributed by atoms with Gasteiger partial charge < -0.3 is 20.8 Å². The van der Waals surface area contributed by atoms with Crippen LogP contribution in [0.2, 0.25) is 0 Å². The molecule has 1 aromatic rings. The van der Waals surface area contributed by atoms with Crippen LogP contribution >= 0.6 is 0 Å². The molecular formula is C14H18N2O3. The largest absolute Gasteiger partial charge is 0.508 e. The molecule has 2 aliphatic rings. The minimum Gasteiger partial charge on any atom is -0.508 e. The van der Waals surface area contributed by atoms with Crippen LogP contribution in [0, 0.1) is 0 Å². The summed E-state index contributed by atoms with van der Waals surface area (Å²) in [6.45, 7) is 0. The molecule has 2 atom stereocenters. The number of fused-ring (bicyclic) bond motifs is 2. The van der Waals surface area contributed by atoms with Crippen molar-refractivity contribution in [3.63, 3.8) is 0 Å². The summed E-state index contributed by atoms with van der Waals surface area (Å²) < 4.78 is 0. The van der Waals surface area contributed by atoms with Crippen molar-refractivity contribution in [2.45, 2.75) is 43.8 Å². The van der Waals surface area contributed by atoms with Gasteiger partial charge in [-0.05, 0) is 37.8 Å². The van der Waals surface area contributed by atoms with Gasteiger partial charge >= 0.3 is 0 Å². The first-order valence-electron chi connectivity index (χ1n) is 6.70. The van der Waals surface area contributed by atoms with E-state index >= 15 is 0 Å². The Morgan fingerprint density at radius 1 is 1.11 bits per heavy atom. The molecule has 0 spiro atoms. The molecule has 0 aliphatic carbocycles. The third-order valence-corrected chi connectivity index (χ3v) is 3.97. The van der Waals surface area contributed by atoms with Crippen LogP contribution in [-0.2, 0) is 0 Å². The molecule has 2 aliphatic heterocycles. The number of hydrogen-bond acceptors (Lipinski definition) is 4. The fraction of sp³-hybridized carbons (Fsp3) is 0.500. The second kappa shape index (κ2) is 4.74. The minimum atomic E-state index is -0.238. The van der Waals surface area contributed by atoms with Gasteiger partial charge in [-0.1, -0.05) is 0 Å². The van der Waals surface area contributed by atoms with Crippen LogP contribution in [0.4, 0.5) is 0 Å². The topological polar surface area (TPSA) is 81.6 Å². The zero-order valence-corrected chi connectivity index (χ0v) is 10.6. The van der Waals surface area contributed by atoms with Gasteiger partial charge in [-0.25, -0.2) is 0 Å². The Hall–Kier alpha value is -1.75. The van der Waals surface area contributed by atoms with Gasteiger partial charge in [0.15, 0.2) is 0 Å². The number of rotatable bonds is 2. The molecule has 5 nitrogen and oxygen atoms in total. The van der Waals surface area contributed by atoms with Crippen LogP contribution in [-0.4, -0.2) is 34.2 Å². The van der Waals surface area contributed by atoms with Gasteiger partial charge in [0.2, 0.25) is 0 Å². The van der Waals surface area contributed by atoms with E-state index in [9.17, 15) is 15.0 Å². The zero-order valence-electron chi connectivity index (χ0n) is 10.6. The molecule has 2 fully saturated rings. The Bertz CT molecular complexity index is 471. The summed E-state index contributed by atoms with van der Waals surface area (Å²) in [5.74, 6) is -0.441. The molecule has 1 aromatic carbocycles. The van der Waals surface area contributed by atoms with E-state index in [0.717, 1.165) is 12.8 Å². The van der Waals surface area contributed by atoms with Gasteiger partial charge in [0.05, 0.1) is 0 Å². The molecule has 2 unspecified atom stereocenters. The molecule has 2 saturated heterocycles. The number of carbonyl (C=O) groups excluding carboxylic acids is 1. The maximum absolute atomic E-state index is 12.1. The monoisotopic (exact) mass is 262 g/mol. The number of phenols is 2. The number of amides is 1. The molecule has 1 amide bonds. The molecular weight excluding hydrogens is 244 g/mol. The van der Waals surface area contributed by atoms with Crippen molar-refractivity contribution in [3.05, 3.63) is 23.8 Å². The second-order valence-corrected chi connectivity index (χ2v) is 5.52. The maximum atomic E-state index is 12.1. The van der Waals surface area contributed by atoms with Gasteiger partial charge in [0, 0.05) is 29.8 Å². The van der Waals surface area contributed by atoms with E-state index in [-0.39, 0.29) is 23.4 Å². The van der Waals surface area contributed by atoms with E-state index in [4.69, 9.17) is 0 Å². The smallest absolute Gasteiger partial charge is 0.251 e. The van der Waals surface area contributed by atoms with Crippen molar-refractivity contribution in [2.24, 2.45) is 0 Å². The lowest BCUT2D eigenvalue weighted by atomic mass is 9.99. The van der Waals surface area contributed by atoms with Gasteiger partial charge in [0.1, 0.15) is 11.5 Å². The third kappa shape index (κ3) is 2.66. The van der Waals surface area contributed by atoms with Crippen LogP contribution in [0.25, 0.3) is 0 Å². The van der Waals surface area contributed by atoms with E-state index in [2.05, 4.69) is 10.6 Å². The molecule has 0 saturated carbocycles. The quantitative estimate of drug-likeness (QED) is 0.643. The highest BCUT2D eigenvalue weighted by atomic mass is 16.3. The van der Waals surface area contributed by atoms with Crippen molar-refractivity contribution in [2.75, 3.05) is 0 Å². The number of phenolic OH excluding ortho intramolecular Hbond substituents is 2. The van der Waals surface area contributed by atoms with Gasteiger partial charge in [-0.15, -0.1) is 0 Å². The highest BCUT2D eigenvalue weighted by Crippen LogP contribution is 2.27. The molecule has 4 N–H and O–H groups in total. The summed E-state index contributed by atoms with van der Waals surface area (Å²) in [4.78, 5) is 12.1. The third-order valence-electron chi connectivity index (χ3n) is 3.97. The Kier molecular flexibility index (Phi) is 3.06. The predicted octanol–water partition coefficient (Wildman–Crippen LogP) is 1.11. The van der Waals surface area contributed by atoms with Crippen LogP contribution in [0.3, 0.4) is 0 Å². The molecule has 19 heavy (non-hydrogen) atoms. The summed E-state index contributed by atoms with van der Waals surface area (Å²) in [6.07, 6.45) is 4.27. The lowest BCUT2D eigenvalue weighted by molar-refractivity contribution is 0.0923. The van der Waals surface area contributed by atoms with Crippen molar-refractivity contribution in [3.8, 4) is 11.5 Å². The second-order valence-electron chi connectivity index (χ2n) is 5.52. The fourth-order valence-corrected chi connectivity index (χ4v) is 3.17. The molecule has 2 bridgehead atoms. The summed E-state index contributed by atoms with van der Waals surface area (Å²) >= 11 is 0. The standard InChI is InChI=1S/C14H18N2O3/c17-12-3-8(4-13(18)7-12)14(19)16-11-5-9-1-2-10(6-11)15-9/h3-4,7,9-11,15,17-18H,1-2,5-6H2,(H,16,19). The number of aromatic hydroxyl groups is 2. The first-order chi connectivity index (χ1) is 9.10. The first kappa shape index (κ1) is 12.3. The highest BCUT2D eigenvalue weighted by molar-refractivity contribution is 5.95. The number of carbonyl (C=O) groups is 1. The Morgan fingerprint density at radius 3 is 2.26 bits per heavy atom. The van der Waals surface area contributed by atoms with E-state index in [1.807, 2.05) is 0 Å². The van der Waals surface area contributed by atoms with Crippen molar-refractivity contribution in [1.82, 2.24) is 10.6 Å². The van der Waals surface area contributed by atoms with Gasteiger partial charge in [0.25, 0.3) is 5.91 Å². The Balaban J connectivity index is 1.67. The summed E-state index contributed by atoms with van der Waals surface area (Å²) in [6, 6.07) is 5.15. The summed E-state index contributed by atoms with van der Waals surface area (Å²) in [5.41, 5.74) is 0.295. The van der Waals surface area contributed by atoms with Crippen LogP contribution in [0.15, 0.2) is 18.2 Å². The lowest BCUT2D eigenvalue weighted by Crippen LogP contribution is -2.48. The van der Waals surface area contributed by atoms with Crippen LogP contribution in [0.1, 0.15) is 36.0 Å². The van der Waals surface area contributed by atoms with Gasteiger partial charge in [-0.2, -0.15) is 0 Å². The molecule has 2 heterocycles.